The van der Waals surface area contributed by atoms with Gasteiger partial charge in [0.2, 0.25) is 0 Å². The van der Waals surface area contributed by atoms with Crippen LogP contribution in [0, 0.1) is 0 Å². The minimum atomic E-state index is -3.79. The molecular weight excluding hydrogens is 590 g/mol. The number of nitrogens with zero attached hydrogens (tertiary/aromatic N) is 1. The monoisotopic (exact) mass is 627 g/mol. The summed E-state index contributed by atoms with van der Waals surface area (Å²) in [5.41, 5.74) is 3.47. The third kappa shape index (κ3) is 7.36. The predicted molar refractivity (Wildman–Crippen MR) is 171 cm³/mol. The fourth-order valence-electron chi connectivity index (χ4n) is 5.64. The van der Waals surface area contributed by atoms with Crippen molar-refractivity contribution in [3.63, 3.8) is 0 Å². The molecule has 1 N–H and O–H groups in total. The van der Waals surface area contributed by atoms with Crippen molar-refractivity contribution < 1.29 is 32.5 Å². The van der Waals surface area contributed by atoms with Gasteiger partial charge in [0.05, 0.1) is 49.0 Å². The molecule has 5 aromatic rings. The van der Waals surface area contributed by atoms with Crippen LogP contribution in [0.15, 0.2) is 126 Å². The highest BCUT2D eigenvalue weighted by atomic mass is 32.2. The van der Waals surface area contributed by atoms with Gasteiger partial charge in [-0.25, -0.2) is 12.4 Å². The molecule has 1 fully saturated rings. The molecule has 1 aliphatic heterocycles. The first-order valence-electron chi connectivity index (χ1n) is 15.1. The van der Waals surface area contributed by atoms with Crippen LogP contribution in [0.2, 0.25) is 0 Å². The predicted octanol–water partition coefficient (Wildman–Crippen LogP) is 5.72. The lowest BCUT2D eigenvalue weighted by Crippen LogP contribution is -2.52. The fourth-order valence-corrected chi connectivity index (χ4v) is 7.06. The molecule has 2 heterocycles. The molecule has 9 heteroatoms. The van der Waals surface area contributed by atoms with E-state index in [1.807, 2.05) is 78.9 Å². The smallest absolute Gasteiger partial charge is 0.268 e. The van der Waals surface area contributed by atoms with E-state index in [0.717, 1.165) is 22.1 Å². The van der Waals surface area contributed by atoms with Crippen molar-refractivity contribution >= 4 is 20.9 Å². The third-order valence-corrected chi connectivity index (χ3v) is 9.65. The van der Waals surface area contributed by atoms with Crippen LogP contribution >= 0.6 is 0 Å². The lowest BCUT2D eigenvalue weighted by atomic mass is 10.0. The number of aliphatic hydroxyl groups excluding tert-OH is 1. The summed E-state index contributed by atoms with van der Waals surface area (Å²) in [5.74, 6) is 0. The first-order valence-corrected chi connectivity index (χ1v) is 16.6. The molecule has 0 saturated carbocycles. The Morgan fingerprint density at radius 2 is 1.36 bits per heavy atom. The van der Waals surface area contributed by atoms with Crippen molar-refractivity contribution in [1.29, 1.82) is 0 Å². The molecule has 0 bridgehead atoms. The number of benzene rings is 4. The van der Waals surface area contributed by atoms with E-state index in [1.54, 1.807) is 42.6 Å². The molecule has 4 atom stereocenters. The van der Waals surface area contributed by atoms with Gasteiger partial charge in [0, 0.05) is 18.0 Å². The zero-order chi connectivity index (χ0) is 31.1. The zero-order valence-electron chi connectivity index (χ0n) is 24.9. The van der Waals surface area contributed by atoms with E-state index in [1.165, 1.54) is 3.97 Å². The third-order valence-electron chi connectivity index (χ3n) is 7.97. The summed E-state index contributed by atoms with van der Waals surface area (Å²) in [7, 11) is -3.79. The van der Waals surface area contributed by atoms with Crippen molar-refractivity contribution in [2.45, 2.75) is 55.6 Å². The van der Waals surface area contributed by atoms with Crippen molar-refractivity contribution in [2.75, 3.05) is 13.2 Å². The molecule has 4 aromatic carbocycles. The van der Waals surface area contributed by atoms with Crippen LogP contribution in [-0.4, -0.2) is 55.3 Å². The second kappa shape index (κ2) is 14.5. The lowest BCUT2D eigenvalue weighted by Gasteiger charge is -2.40. The minimum Gasteiger partial charge on any atom is -0.394 e. The average molecular weight is 628 g/mol. The van der Waals surface area contributed by atoms with Crippen molar-refractivity contribution in [1.82, 2.24) is 3.97 Å². The van der Waals surface area contributed by atoms with E-state index in [-0.39, 0.29) is 24.2 Å². The first-order chi connectivity index (χ1) is 22.0. The number of aromatic nitrogens is 1. The highest BCUT2D eigenvalue weighted by molar-refractivity contribution is 7.90. The summed E-state index contributed by atoms with van der Waals surface area (Å²) in [6.45, 7) is 0.783. The molecule has 0 aliphatic carbocycles. The molecule has 0 radical (unpaired) electrons. The summed E-state index contributed by atoms with van der Waals surface area (Å²) in [6, 6.07) is 35.6. The molecule has 234 valence electrons. The fraction of sp³-hybridized carbons (Fsp3) is 0.278. The maximum Gasteiger partial charge on any atom is 0.268 e. The number of aliphatic hydroxyl groups is 1. The van der Waals surface area contributed by atoms with E-state index in [2.05, 4.69) is 0 Å². The van der Waals surface area contributed by atoms with Gasteiger partial charge in [-0.1, -0.05) is 97.1 Å². The summed E-state index contributed by atoms with van der Waals surface area (Å²) in [6.07, 6.45) is 0.325. The molecule has 0 unspecified atom stereocenters. The Kier molecular flexibility index (Phi) is 10.0. The van der Waals surface area contributed by atoms with Crippen molar-refractivity contribution in [3.8, 4) is 0 Å². The number of fused-ring (bicyclic) bond motifs is 1. The highest BCUT2D eigenvalue weighted by Crippen LogP contribution is 2.30. The molecular formula is C36H37NO7S. The summed E-state index contributed by atoms with van der Waals surface area (Å²) in [5, 5.41) is 10.9. The van der Waals surface area contributed by atoms with Gasteiger partial charge in [-0.2, -0.15) is 0 Å². The second-order valence-corrected chi connectivity index (χ2v) is 12.9. The molecule has 1 aliphatic rings. The normalized spacial score (nSPS) is 20.4. The minimum absolute atomic E-state index is 0.179. The lowest BCUT2D eigenvalue weighted by molar-refractivity contribution is -0.291. The van der Waals surface area contributed by atoms with E-state index >= 15 is 0 Å². The summed E-state index contributed by atoms with van der Waals surface area (Å²) < 4.78 is 53.7. The Bertz CT molecular complexity index is 1760. The van der Waals surface area contributed by atoms with E-state index < -0.39 is 28.5 Å². The molecule has 0 spiro atoms. The van der Waals surface area contributed by atoms with E-state index in [4.69, 9.17) is 18.9 Å². The Labute approximate surface area is 263 Å². The van der Waals surface area contributed by atoms with Gasteiger partial charge >= 0.3 is 0 Å². The Hall–Kier alpha value is -3.83. The van der Waals surface area contributed by atoms with Gasteiger partial charge in [0.1, 0.15) is 6.10 Å². The van der Waals surface area contributed by atoms with Gasteiger partial charge in [0.15, 0.2) is 6.29 Å². The Balaban J connectivity index is 1.21. The average Bonchev–Trinajstić information content (AvgIpc) is 3.47. The van der Waals surface area contributed by atoms with Crippen molar-refractivity contribution in [2.24, 2.45) is 0 Å². The number of ether oxygens (including phenoxy) is 4. The maximum atomic E-state index is 13.5. The molecule has 1 saturated heterocycles. The molecule has 0 amide bonds. The number of hydrogen-bond acceptors (Lipinski definition) is 7. The molecule has 1 aromatic heterocycles. The van der Waals surface area contributed by atoms with Gasteiger partial charge < -0.3 is 24.1 Å². The summed E-state index contributed by atoms with van der Waals surface area (Å²) in [4.78, 5) is 0.221. The molecule has 6 rings (SSSR count). The van der Waals surface area contributed by atoms with Crippen LogP contribution in [0.4, 0.5) is 0 Å². The van der Waals surface area contributed by atoms with Crippen LogP contribution < -0.4 is 0 Å². The van der Waals surface area contributed by atoms with Gasteiger partial charge in [-0.3, -0.25) is 0 Å². The van der Waals surface area contributed by atoms with Gasteiger partial charge in [-0.15, -0.1) is 0 Å². The second-order valence-electron chi connectivity index (χ2n) is 11.0. The van der Waals surface area contributed by atoms with Crippen LogP contribution in [0.25, 0.3) is 10.9 Å². The maximum absolute atomic E-state index is 13.5. The Morgan fingerprint density at radius 1 is 0.756 bits per heavy atom. The standard InChI is InChI=1S/C36H37NO7S/c38-24-30-22-34(42-25-27-12-4-1-5-13-27)35(43-26-28-14-6-2-7-15-28)36(44-30)41-21-20-29-23-37(33-19-11-10-18-32(29)33)45(39,40)31-16-8-3-9-17-31/h1-19,23,30,34-36,38H,20-22,24-26H2/t30-,34-,35+,36+/m0/s1. The van der Waals surface area contributed by atoms with Crippen molar-refractivity contribution in [3.05, 3.63) is 138 Å². The molecule has 45 heavy (non-hydrogen) atoms. The zero-order valence-corrected chi connectivity index (χ0v) is 25.7. The topological polar surface area (TPSA) is 96.2 Å². The van der Waals surface area contributed by atoms with Gasteiger partial charge in [0.25, 0.3) is 10.0 Å². The quantitative estimate of drug-likeness (QED) is 0.179. The molecule has 8 nitrogen and oxygen atoms in total. The van der Waals surface area contributed by atoms with Crippen LogP contribution in [0.5, 0.6) is 0 Å². The number of hydrogen-bond donors (Lipinski definition) is 1. The first kappa shape index (κ1) is 31.2. The van der Waals surface area contributed by atoms with E-state index in [0.29, 0.717) is 31.6 Å². The Morgan fingerprint density at radius 3 is 2.02 bits per heavy atom. The van der Waals surface area contributed by atoms with Crippen LogP contribution in [-0.2, 0) is 48.6 Å². The van der Waals surface area contributed by atoms with Crippen LogP contribution in [0.3, 0.4) is 0 Å². The van der Waals surface area contributed by atoms with E-state index in [9.17, 15) is 13.5 Å². The summed E-state index contributed by atoms with van der Waals surface area (Å²) >= 11 is 0. The number of rotatable bonds is 13. The SMILES string of the molecule is O=S(=O)(c1ccccc1)n1cc(CCO[C@@H]2O[C@H](CO)C[C@H](OCc3ccccc3)[C@H]2OCc2ccccc2)c2ccccc21. The highest BCUT2D eigenvalue weighted by Gasteiger charge is 2.41. The largest absolute Gasteiger partial charge is 0.394 e. The number of para-hydroxylation sites is 1. The van der Waals surface area contributed by atoms with Gasteiger partial charge in [-0.05, 0) is 41.3 Å². The van der Waals surface area contributed by atoms with Crippen LogP contribution in [0.1, 0.15) is 23.1 Å².